The second kappa shape index (κ2) is 6.07. The van der Waals surface area contributed by atoms with Crippen molar-refractivity contribution in [1.29, 1.82) is 0 Å². The maximum absolute atomic E-state index is 6.13. The molecule has 0 saturated heterocycles. The molecule has 1 nitrogen and oxygen atoms in total. The normalized spacial score (nSPS) is 17.6. The molecule has 0 spiro atoms. The van der Waals surface area contributed by atoms with Crippen molar-refractivity contribution >= 4 is 23.2 Å². The van der Waals surface area contributed by atoms with Crippen LogP contribution in [0.15, 0.2) is 42.5 Å². The van der Waals surface area contributed by atoms with E-state index >= 15 is 0 Å². The number of rotatable bonds is 3. The van der Waals surface area contributed by atoms with Gasteiger partial charge in [-0.2, -0.15) is 0 Å². The van der Waals surface area contributed by atoms with E-state index in [-0.39, 0.29) is 0 Å². The molecular weight excluding hydrogens is 291 g/mol. The molecule has 0 aromatic heterocycles. The summed E-state index contributed by atoms with van der Waals surface area (Å²) < 4.78 is 5.90. The van der Waals surface area contributed by atoms with E-state index in [1.807, 2.05) is 0 Å². The summed E-state index contributed by atoms with van der Waals surface area (Å²) in [6.45, 7) is 0.650. The van der Waals surface area contributed by atoms with Crippen LogP contribution < -0.4 is 4.74 Å². The summed E-state index contributed by atoms with van der Waals surface area (Å²) in [4.78, 5) is 0. The minimum absolute atomic E-state index is 0.440. The zero-order valence-corrected chi connectivity index (χ0v) is 12.6. The second-order valence-electron chi connectivity index (χ2n) is 5.17. The fourth-order valence-electron chi connectivity index (χ4n) is 2.81. The van der Waals surface area contributed by atoms with Crippen LogP contribution in [0.25, 0.3) is 0 Å². The van der Waals surface area contributed by atoms with Crippen LogP contribution in [0.5, 0.6) is 5.75 Å². The lowest BCUT2D eigenvalue weighted by Crippen LogP contribution is -2.16. The van der Waals surface area contributed by atoms with E-state index in [4.69, 9.17) is 27.9 Å². The van der Waals surface area contributed by atoms with Gasteiger partial charge in [0.1, 0.15) is 5.75 Å². The van der Waals surface area contributed by atoms with Crippen LogP contribution in [0.2, 0.25) is 10.0 Å². The molecule has 0 radical (unpaired) electrons. The van der Waals surface area contributed by atoms with Crippen LogP contribution in [0.1, 0.15) is 29.9 Å². The monoisotopic (exact) mass is 306 g/mol. The molecule has 1 unspecified atom stereocenters. The van der Waals surface area contributed by atoms with Crippen molar-refractivity contribution in [2.75, 3.05) is 6.61 Å². The fourth-order valence-corrected chi connectivity index (χ4v) is 3.14. The van der Waals surface area contributed by atoms with E-state index in [2.05, 4.69) is 24.3 Å². The Hall–Kier alpha value is -1.18. The average Bonchev–Trinajstić information content (AvgIpc) is 2.48. The zero-order chi connectivity index (χ0) is 13.9. The Kier molecular flexibility index (Phi) is 4.18. The molecule has 0 heterocycles. The second-order valence-corrected chi connectivity index (χ2v) is 6.02. The van der Waals surface area contributed by atoms with Gasteiger partial charge < -0.3 is 4.74 Å². The summed E-state index contributed by atoms with van der Waals surface area (Å²) in [5, 5.41) is 1.26. The van der Waals surface area contributed by atoms with Gasteiger partial charge in [0.2, 0.25) is 0 Å². The highest BCUT2D eigenvalue weighted by Gasteiger charge is 2.20. The van der Waals surface area contributed by atoms with Gasteiger partial charge in [-0.1, -0.05) is 47.5 Å². The Balaban J connectivity index is 1.75. The van der Waals surface area contributed by atoms with Gasteiger partial charge in [-0.25, -0.2) is 0 Å². The Morgan fingerprint density at radius 1 is 1.10 bits per heavy atom. The molecule has 104 valence electrons. The van der Waals surface area contributed by atoms with Gasteiger partial charge in [-0.15, -0.1) is 0 Å². The SMILES string of the molecule is Clc1ccc(Cl)c(OCC2CCCc3ccccc32)c1. The van der Waals surface area contributed by atoms with Crippen molar-refractivity contribution in [3.8, 4) is 5.75 Å². The predicted octanol–water partition coefficient (Wildman–Crippen LogP) is 5.49. The Morgan fingerprint density at radius 2 is 1.95 bits per heavy atom. The van der Waals surface area contributed by atoms with Crippen molar-refractivity contribution in [1.82, 2.24) is 0 Å². The highest BCUT2D eigenvalue weighted by Crippen LogP contribution is 2.34. The molecule has 3 rings (SSSR count). The number of fused-ring (bicyclic) bond motifs is 1. The molecule has 2 aromatic rings. The standard InChI is InChI=1S/C17H16Cl2O/c18-14-8-9-16(19)17(10-14)20-11-13-6-3-5-12-4-1-2-7-15(12)13/h1-2,4,7-10,13H,3,5-6,11H2. The van der Waals surface area contributed by atoms with Crippen molar-refractivity contribution in [2.24, 2.45) is 0 Å². The lowest BCUT2D eigenvalue weighted by molar-refractivity contribution is 0.275. The topological polar surface area (TPSA) is 9.23 Å². The molecule has 0 N–H and O–H groups in total. The average molecular weight is 307 g/mol. The first kappa shape index (κ1) is 13.8. The van der Waals surface area contributed by atoms with Crippen molar-refractivity contribution < 1.29 is 4.74 Å². The summed E-state index contributed by atoms with van der Waals surface area (Å²) in [5.41, 5.74) is 2.86. The maximum atomic E-state index is 6.13. The minimum Gasteiger partial charge on any atom is -0.491 e. The van der Waals surface area contributed by atoms with E-state index in [1.165, 1.54) is 24.0 Å². The van der Waals surface area contributed by atoms with E-state index in [0.717, 1.165) is 6.42 Å². The number of hydrogen-bond donors (Lipinski definition) is 0. The van der Waals surface area contributed by atoms with E-state index < -0.39 is 0 Å². The highest BCUT2D eigenvalue weighted by atomic mass is 35.5. The molecule has 3 heteroatoms. The van der Waals surface area contributed by atoms with Gasteiger partial charge in [0.05, 0.1) is 11.6 Å². The Morgan fingerprint density at radius 3 is 2.85 bits per heavy atom. The quantitative estimate of drug-likeness (QED) is 0.728. The zero-order valence-electron chi connectivity index (χ0n) is 11.1. The third-order valence-electron chi connectivity index (χ3n) is 3.83. The van der Waals surface area contributed by atoms with E-state index in [0.29, 0.717) is 28.3 Å². The van der Waals surface area contributed by atoms with Gasteiger partial charge in [0.15, 0.2) is 0 Å². The van der Waals surface area contributed by atoms with E-state index in [1.54, 1.807) is 18.2 Å². The number of ether oxygens (including phenoxy) is 1. The molecule has 2 aromatic carbocycles. The summed E-state index contributed by atoms with van der Waals surface area (Å²) in [5.74, 6) is 1.11. The number of hydrogen-bond acceptors (Lipinski definition) is 1. The van der Waals surface area contributed by atoms with Crippen LogP contribution in [0.4, 0.5) is 0 Å². The van der Waals surface area contributed by atoms with Crippen molar-refractivity contribution in [2.45, 2.75) is 25.2 Å². The highest BCUT2D eigenvalue weighted by molar-refractivity contribution is 6.34. The van der Waals surface area contributed by atoms with Crippen molar-refractivity contribution in [3.05, 3.63) is 63.6 Å². The summed E-state index contributed by atoms with van der Waals surface area (Å²) in [6, 6.07) is 14.0. The maximum Gasteiger partial charge on any atom is 0.139 e. The minimum atomic E-state index is 0.440. The van der Waals surface area contributed by atoms with Gasteiger partial charge in [-0.05, 0) is 42.5 Å². The predicted molar refractivity (Wildman–Crippen MR) is 84.1 cm³/mol. The molecule has 0 fully saturated rings. The summed E-state index contributed by atoms with van der Waals surface area (Å²) in [6.07, 6.45) is 3.55. The van der Waals surface area contributed by atoms with E-state index in [9.17, 15) is 0 Å². The van der Waals surface area contributed by atoms with Gasteiger partial charge in [0, 0.05) is 17.0 Å². The molecule has 0 saturated carbocycles. The first-order valence-corrected chi connectivity index (χ1v) is 7.65. The lowest BCUT2D eigenvalue weighted by atomic mass is 9.83. The molecule has 1 aliphatic carbocycles. The third kappa shape index (κ3) is 2.94. The van der Waals surface area contributed by atoms with Gasteiger partial charge in [0.25, 0.3) is 0 Å². The number of aryl methyl sites for hydroxylation is 1. The molecule has 1 aliphatic rings. The first-order chi connectivity index (χ1) is 9.74. The fraction of sp³-hybridized carbons (Fsp3) is 0.294. The molecule has 0 bridgehead atoms. The Labute approximate surface area is 129 Å². The molecular formula is C17H16Cl2O. The molecule has 1 atom stereocenters. The number of halogens is 2. The first-order valence-electron chi connectivity index (χ1n) is 6.89. The lowest BCUT2D eigenvalue weighted by Gasteiger charge is -2.25. The molecule has 0 aliphatic heterocycles. The summed E-state index contributed by atoms with van der Waals surface area (Å²) in [7, 11) is 0. The van der Waals surface area contributed by atoms with Gasteiger partial charge >= 0.3 is 0 Å². The van der Waals surface area contributed by atoms with Crippen LogP contribution >= 0.6 is 23.2 Å². The smallest absolute Gasteiger partial charge is 0.139 e. The van der Waals surface area contributed by atoms with Gasteiger partial charge in [-0.3, -0.25) is 0 Å². The summed E-state index contributed by atoms with van der Waals surface area (Å²) >= 11 is 12.1. The van der Waals surface area contributed by atoms with Crippen LogP contribution in [-0.2, 0) is 6.42 Å². The molecule has 20 heavy (non-hydrogen) atoms. The Bertz CT molecular complexity index is 610. The van der Waals surface area contributed by atoms with Crippen molar-refractivity contribution in [3.63, 3.8) is 0 Å². The molecule has 0 amide bonds. The van der Waals surface area contributed by atoms with Crippen LogP contribution in [-0.4, -0.2) is 6.61 Å². The van der Waals surface area contributed by atoms with Crippen LogP contribution in [0.3, 0.4) is 0 Å². The largest absolute Gasteiger partial charge is 0.491 e. The number of benzene rings is 2. The third-order valence-corrected chi connectivity index (χ3v) is 4.37. The van der Waals surface area contributed by atoms with Crippen LogP contribution in [0, 0.1) is 0 Å².